The summed E-state index contributed by atoms with van der Waals surface area (Å²) in [4.78, 5) is 16.8. The Morgan fingerprint density at radius 2 is 1.79 bits per heavy atom. The van der Waals surface area contributed by atoms with Gasteiger partial charge >= 0.3 is 0 Å². The third-order valence-corrected chi connectivity index (χ3v) is 5.35. The Hall–Kier alpha value is -2.77. The molecule has 2 aromatic carbocycles. The average Bonchev–Trinajstić information content (AvgIpc) is 3.19. The van der Waals surface area contributed by atoms with E-state index in [0.717, 1.165) is 16.8 Å². The van der Waals surface area contributed by atoms with Gasteiger partial charge in [-0.2, -0.15) is 0 Å². The van der Waals surface area contributed by atoms with Crippen molar-refractivity contribution in [2.24, 2.45) is 0 Å². The van der Waals surface area contributed by atoms with Crippen LogP contribution in [0.15, 0.2) is 41.8 Å². The van der Waals surface area contributed by atoms with Crippen LogP contribution < -0.4 is 19.5 Å². The van der Waals surface area contributed by atoms with Gasteiger partial charge in [0.2, 0.25) is 11.7 Å². The lowest BCUT2D eigenvalue weighted by Gasteiger charge is -2.14. The summed E-state index contributed by atoms with van der Waals surface area (Å²) < 4.78 is 16.0. The number of ether oxygens (including phenoxy) is 3. The third kappa shape index (κ3) is 4.99. The standard InChI is InChI=1S/C21H21ClN2O4S/c1-26-17-10-13(11-18(27-2)20(17)28-3)8-9-19(25)24-21-23-16(12-29-21)14-6-4-5-7-15(14)22/h4-7,10-12H,8-9H2,1-3H3,(H,23,24,25). The number of methoxy groups -OCH3 is 3. The van der Waals surface area contributed by atoms with Gasteiger partial charge in [-0.3, -0.25) is 4.79 Å². The van der Waals surface area contributed by atoms with Gasteiger partial charge in [0.15, 0.2) is 16.6 Å². The number of rotatable bonds is 8. The predicted octanol–water partition coefficient (Wildman–Crippen LogP) is 5.06. The van der Waals surface area contributed by atoms with Gasteiger partial charge in [-0.25, -0.2) is 4.98 Å². The molecule has 0 atom stereocenters. The number of hydrogen-bond acceptors (Lipinski definition) is 6. The quantitative estimate of drug-likeness (QED) is 0.538. The first-order chi connectivity index (χ1) is 14.0. The molecule has 1 heterocycles. The molecule has 8 heteroatoms. The van der Waals surface area contributed by atoms with Crippen molar-refractivity contribution in [3.63, 3.8) is 0 Å². The highest BCUT2D eigenvalue weighted by molar-refractivity contribution is 7.14. The molecule has 0 aliphatic heterocycles. The smallest absolute Gasteiger partial charge is 0.226 e. The minimum Gasteiger partial charge on any atom is -0.493 e. The molecule has 3 rings (SSSR count). The number of aryl methyl sites for hydroxylation is 1. The van der Waals surface area contributed by atoms with E-state index in [1.54, 1.807) is 21.3 Å². The van der Waals surface area contributed by atoms with E-state index in [-0.39, 0.29) is 5.91 Å². The number of carbonyl (C=O) groups is 1. The van der Waals surface area contributed by atoms with E-state index in [4.69, 9.17) is 25.8 Å². The van der Waals surface area contributed by atoms with Crippen LogP contribution in [0.1, 0.15) is 12.0 Å². The number of thiazole rings is 1. The summed E-state index contributed by atoms with van der Waals surface area (Å²) in [5.41, 5.74) is 2.48. The Bertz CT molecular complexity index is 981. The molecule has 0 bridgehead atoms. The summed E-state index contributed by atoms with van der Waals surface area (Å²) >= 11 is 7.57. The van der Waals surface area contributed by atoms with Crippen LogP contribution in [-0.4, -0.2) is 32.2 Å². The van der Waals surface area contributed by atoms with Crippen molar-refractivity contribution in [2.75, 3.05) is 26.6 Å². The number of nitrogens with one attached hydrogen (secondary N) is 1. The summed E-state index contributed by atoms with van der Waals surface area (Å²) in [5, 5.41) is 5.87. The summed E-state index contributed by atoms with van der Waals surface area (Å²) in [6, 6.07) is 11.2. The number of hydrogen-bond donors (Lipinski definition) is 1. The van der Waals surface area contributed by atoms with Crippen molar-refractivity contribution in [3.05, 3.63) is 52.4 Å². The monoisotopic (exact) mass is 432 g/mol. The van der Waals surface area contributed by atoms with E-state index < -0.39 is 0 Å². The molecular weight excluding hydrogens is 412 g/mol. The largest absolute Gasteiger partial charge is 0.493 e. The van der Waals surface area contributed by atoms with Gasteiger partial charge < -0.3 is 19.5 Å². The number of carbonyl (C=O) groups excluding carboxylic acids is 1. The van der Waals surface area contributed by atoms with Gasteiger partial charge in [-0.05, 0) is 30.2 Å². The van der Waals surface area contributed by atoms with E-state index >= 15 is 0 Å². The van der Waals surface area contributed by atoms with Crippen molar-refractivity contribution in [1.82, 2.24) is 4.98 Å². The molecule has 1 N–H and O–H groups in total. The van der Waals surface area contributed by atoms with Crippen LogP contribution in [0, 0.1) is 0 Å². The van der Waals surface area contributed by atoms with Crippen LogP contribution in [0.3, 0.4) is 0 Å². The maximum atomic E-state index is 12.4. The van der Waals surface area contributed by atoms with E-state index in [9.17, 15) is 4.79 Å². The molecule has 0 spiro atoms. The number of amides is 1. The summed E-state index contributed by atoms with van der Waals surface area (Å²) in [6.07, 6.45) is 0.810. The van der Waals surface area contributed by atoms with Crippen LogP contribution in [0.4, 0.5) is 5.13 Å². The zero-order valence-corrected chi connectivity index (χ0v) is 17.9. The average molecular weight is 433 g/mol. The first-order valence-corrected chi connectivity index (χ1v) is 10.1. The van der Waals surface area contributed by atoms with Gasteiger partial charge in [0.25, 0.3) is 0 Å². The van der Waals surface area contributed by atoms with Gasteiger partial charge in [-0.15, -0.1) is 11.3 Å². The Balaban J connectivity index is 1.64. The highest BCUT2D eigenvalue weighted by Crippen LogP contribution is 2.38. The summed E-state index contributed by atoms with van der Waals surface area (Å²) in [5.74, 6) is 1.52. The SMILES string of the molecule is COc1cc(CCC(=O)Nc2nc(-c3ccccc3Cl)cs2)cc(OC)c1OC. The summed E-state index contributed by atoms with van der Waals surface area (Å²) in [6.45, 7) is 0. The second-order valence-electron chi connectivity index (χ2n) is 6.10. The molecule has 0 fully saturated rings. The fourth-order valence-electron chi connectivity index (χ4n) is 2.84. The molecule has 152 valence electrons. The van der Waals surface area contributed by atoms with E-state index in [1.807, 2.05) is 41.8 Å². The molecule has 0 unspecified atom stereocenters. The molecule has 29 heavy (non-hydrogen) atoms. The molecule has 0 aliphatic rings. The van der Waals surface area contributed by atoms with Crippen molar-refractivity contribution < 1.29 is 19.0 Å². The van der Waals surface area contributed by atoms with E-state index in [0.29, 0.717) is 40.2 Å². The highest BCUT2D eigenvalue weighted by Gasteiger charge is 2.15. The molecule has 0 aliphatic carbocycles. The first-order valence-electron chi connectivity index (χ1n) is 8.85. The van der Waals surface area contributed by atoms with Gasteiger partial charge in [-0.1, -0.05) is 29.8 Å². The topological polar surface area (TPSA) is 69.7 Å². The first kappa shape index (κ1) is 21.0. The van der Waals surface area contributed by atoms with E-state index in [1.165, 1.54) is 11.3 Å². The fraction of sp³-hybridized carbons (Fsp3) is 0.238. The Kier molecular flexibility index (Phi) is 6.95. The second-order valence-corrected chi connectivity index (χ2v) is 7.36. The third-order valence-electron chi connectivity index (χ3n) is 4.27. The minimum atomic E-state index is -0.126. The van der Waals surface area contributed by atoms with Crippen LogP contribution in [0.2, 0.25) is 5.02 Å². The predicted molar refractivity (Wildman–Crippen MR) is 116 cm³/mol. The molecule has 0 saturated heterocycles. The van der Waals surface area contributed by atoms with Gasteiger partial charge in [0.1, 0.15) is 0 Å². The molecule has 6 nitrogen and oxygen atoms in total. The molecule has 0 radical (unpaired) electrons. The van der Waals surface area contributed by atoms with Crippen LogP contribution in [0.5, 0.6) is 17.2 Å². The molecule has 0 saturated carbocycles. The number of halogens is 1. The van der Waals surface area contributed by atoms with Crippen LogP contribution >= 0.6 is 22.9 Å². The Morgan fingerprint density at radius 3 is 2.41 bits per heavy atom. The van der Waals surface area contributed by atoms with Crippen LogP contribution in [0.25, 0.3) is 11.3 Å². The van der Waals surface area contributed by atoms with E-state index in [2.05, 4.69) is 10.3 Å². The molecule has 1 aromatic heterocycles. The number of aromatic nitrogens is 1. The van der Waals surface area contributed by atoms with Crippen molar-refractivity contribution in [2.45, 2.75) is 12.8 Å². The van der Waals surface area contributed by atoms with Gasteiger partial charge in [0.05, 0.1) is 27.0 Å². The minimum absolute atomic E-state index is 0.126. The summed E-state index contributed by atoms with van der Waals surface area (Å²) in [7, 11) is 4.68. The zero-order valence-electron chi connectivity index (χ0n) is 16.3. The lowest BCUT2D eigenvalue weighted by atomic mass is 10.1. The fourth-order valence-corrected chi connectivity index (χ4v) is 3.80. The van der Waals surface area contributed by atoms with Crippen molar-refractivity contribution in [3.8, 4) is 28.5 Å². The highest BCUT2D eigenvalue weighted by atomic mass is 35.5. The number of nitrogens with zero attached hydrogens (tertiary/aromatic N) is 1. The molecule has 1 amide bonds. The normalized spacial score (nSPS) is 10.5. The second kappa shape index (κ2) is 9.62. The zero-order chi connectivity index (χ0) is 20.8. The van der Waals surface area contributed by atoms with Crippen LogP contribution in [-0.2, 0) is 11.2 Å². The van der Waals surface area contributed by atoms with Crippen molar-refractivity contribution in [1.29, 1.82) is 0 Å². The Labute approximate surface area is 178 Å². The number of anilines is 1. The lowest BCUT2D eigenvalue weighted by molar-refractivity contribution is -0.116. The maximum absolute atomic E-state index is 12.4. The Morgan fingerprint density at radius 1 is 1.10 bits per heavy atom. The molecular formula is C21H21ClN2O4S. The number of benzene rings is 2. The van der Waals surface area contributed by atoms with Crippen molar-refractivity contribution >= 4 is 34.0 Å². The van der Waals surface area contributed by atoms with Gasteiger partial charge in [0, 0.05) is 22.4 Å². The maximum Gasteiger partial charge on any atom is 0.226 e. The lowest BCUT2D eigenvalue weighted by Crippen LogP contribution is -2.12. The molecule has 3 aromatic rings.